The number of hydrogen-bond acceptors (Lipinski definition) is 4. The second-order valence-corrected chi connectivity index (χ2v) is 6.22. The van der Waals surface area contributed by atoms with Crippen molar-refractivity contribution in [3.8, 4) is 11.5 Å². The number of ketones is 1. The molecule has 0 bridgehead atoms. The molecule has 0 fully saturated rings. The predicted molar refractivity (Wildman–Crippen MR) is 110 cm³/mol. The Kier molecular flexibility index (Phi) is 6.43. The molecule has 1 N–H and O–H groups in total. The Morgan fingerprint density at radius 3 is 2.41 bits per heavy atom. The van der Waals surface area contributed by atoms with E-state index >= 15 is 0 Å². The summed E-state index contributed by atoms with van der Waals surface area (Å²) in [5.41, 5.74) is 2.61. The van der Waals surface area contributed by atoms with Gasteiger partial charge in [0.2, 0.25) is 0 Å². The molecular weight excluding hydrogens is 368 g/mol. The molecule has 5 heteroatoms. The number of carbonyl (C=O) groups excluding carboxylic acids is 1. The average molecular weight is 388 g/mol. The van der Waals surface area contributed by atoms with Crippen LogP contribution in [0.4, 0.5) is 0 Å². The summed E-state index contributed by atoms with van der Waals surface area (Å²) in [4.78, 5) is 23.5. The van der Waals surface area contributed by atoms with Crippen molar-refractivity contribution >= 4 is 17.8 Å². The number of benzene rings is 3. The molecule has 5 nitrogen and oxygen atoms in total. The molecule has 0 aliphatic carbocycles. The third-order valence-corrected chi connectivity index (χ3v) is 4.30. The number of rotatable bonds is 8. The van der Waals surface area contributed by atoms with E-state index in [2.05, 4.69) is 0 Å². The molecule has 3 aromatic carbocycles. The fourth-order valence-corrected chi connectivity index (χ4v) is 2.85. The Hall–Kier alpha value is -3.86. The topological polar surface area (TPSA) is 72.8 Å². The third-order valence-electron chi connectivity index (χ3n) is 4.30. The fourth-order valence-electron chi connectivity index (χ4n) is 2.85. The van der Waals surface area contributed by atoms with Crippen LogP contribution in [0.5, 0.6) is 11.5 Å². The molecule has 0 aromatic heterocycles. The smallest absolute Gasteiger partial charge is 0.328 e. The van der Waals surface area contributed by atoms with Crippen molar-refractivity contribution in [2.24, 2.45) is 0 Å². The van der Waals surface area contributed by atoms with E-state index in [1.807, 2.05) is 36.4 Å². The van der Waals surface area contributed by atoms with E-state index in [-0.39, 0.29) is 12.4 Å². The molecule has 29 heavy (non-hydrogen) atoms. The predicted octanol–water partition coefficient (Wildman–Crippen LogP) is 4.60. The summed E-state index contributed by atoms with van der Waals surface area (Å²) in [7, 11) is 1.51. The van der Waals surface area contributed by atoms with Crippen molar-refractivity contribution in [3.63, 3.8) is 0 Å². The normalized spacial score (nSPS) is 10.7. The van der Waals surface area contributed by atoms with Crippen LogP contribution in [0.2, 0.25) is 0 Å². The van der Waals surface area contributed by atoms with Crippen LogP contribution in [0, 0.1) is 0 Å². The molecule has 0 aliphatic heterocycles. The number of methoxy groups -OCH3 is 1. The van der Waals surface area contributed by atoms with Crippen molar-refractivity contribution in [2.75, 3.05) is 7.11 Å². The van der Waals surface area contributed by atoms with Crippen molar-refractivity contribution in [2.45, 2.75) is 6.61 Å². The molecule has 0 amide bonds. The SMILES string of the molecule is COc1cc(OCc2ccccc2C(=O)c2ccccc2)ccc1C=CC(=O)O. The minimum atomic E-state index is -1.04. The van der Waals surface area contributed by atoms with Crippen LogP contribution in [0.3, 0.4) is 0 Å². The summed E-state index contributed by atoms with van der Waals surface area (Å²) in [6, 6.07) is 21.6. The zero-order valence-electron chi connectivity index (χ0n) is 15.9. The van der Waals surface area contributed by atoms with E-state index in [1.54, 1.807) is 36.4 Å². The Balaban J connectivity index is 1.79. The molecule has 0 saturated carbocycles. The zero-order chi connectivity index (χ0) is 20.6. The Bertz CT molecular complexity index is 1040. The molecule has 0 spiro atoms. The van der Waals surface area contributed by atoms with Crippen molar-refractivity contribution in [1.29, 1.82) is 0 Å². The van der Waals surface area contributed by atoms with E-state index in [9.17, 15) is 9.59 Å². The third kappa shape index (κ3) is 5.11. The number of aliphatic carboxylic acids is 1. The van der Waals surface area contributed by atoms with Crippen LogP contribution >= 0.6 is 0 Å². The van der Waals surface area contributed by atoms with Gasteiger partial charge in [0.05, 0.1) is 7.11 Å². The highest BCUT2D eigenvalue weighted by Crippen LogP contribution is 2.27. The van der Waals surface area contributed by atoms with Crippen LogP contribution in [-0.2, 0) is 11.4 Å². The number of carbonyl (C=O) groups is 2. The van der Waals surface area contributed by atoms with Crippen LogP contribution < -0.4 is 9.47 Å². The number of carboxylic acids is 1. The van der Waals surface area contributed by atoms with Crippen LogP contribution in [-0.4, -0.2) is 24.0 Å². The van der Waals surface area contributed by atoms with E-state index in [0.717, 1.165) is 11.6 Å². The lowest BCUT2D eigenvalue weighted by molar-refractivity contribution is -0.131. The number of carboxylic acid groups (broad SMARTS) is 1. The summed E-state index contributed by atoms with van der Waals surface area (Å²) in [6.07, 6.45) is 2.50. The first-order valence-corrected chi connectivity index (χ1v) is 8.98. The largest absolute Gasteiger partial charge is 0.496 e. The van der Waals surface area contributed by atoms with Gasteiger partial charge in [-0.3, -0.25) is 4.79 Å². The molecule has 0 atom stereocenters. The van der Waals surface area contributed by atoms with E-state index < -0.39 is 5.97 Å². The standard InChI is InChI=1S/C24H20O5/c1-28-22-15-20(13-11-17(22)12-14-23(25)26)29-16-19-9-5-6-10-21(19)24(27)18-7-3-2-4-8-18/h2-15H,16H2,1H3,(H,25,26). The molecule has 146 valence electrons. The molecule has 0 radical (unpaired) electrons. The van der Waals surface area contributed by atoms with Gasteiger partial charge in [-0.15, -0.1) is 0 Å². The summed E-state index contributed by atoms with van der Waals surface area (Å²) >= 11 is 0. The summed E-state index contributed by atoms with van der Waals surface area (Å²) in [6.45, 7) is 0.211. The molecule has 3 aromatic rings. The van der Waals surface area contributed by atoms with Gasteiger partial charge in [-0.2, -0.15) is 0 Å². The molecule has 0 saturated heterocycles. The Morgan fingerprint density at radius 2 is 1.69 bits per heavy atom. The first-order valence-electron chi connectivity index (χ1n) is 8.98. The van der Waals surface area contributed by atoms with Gasteiger partial charge >= 0.3 is 5.97 Å². The van der Waals surface area contributed by atoms with Gasteiger partial charge in [0.25, 0.3) is 0 Å². The van der Waals surface area contributed by atoms with E-state index in [1.165, 1.54) is 13.2 Å². The van der Waals surface area contributed by atoms with Gasteiger partial charge in [0.1, 0.15) is 18.1 Å². The van der Waals surface area contributed by atoms with Gasteiger partial charge in [0.15, 0.2) is 5.78 Å². The zero-order valence-corrected chi connectivity index (χ0v) is 15.9. The summed E-state index contributed by atoms with van der Waals surface area (Å²) in [5.74, 6) is -0.0476. The first-order chi connectivity index (χ1) is 14.1. The van der Waals surface area contributed by atoms with E-state index in [0.29, 0.717) is 28.2 Å². The highest BCUT2D eigenvalue weighted by Gasteiger charge is 2.13. The second kappa shape index (κ2) is 9.37. The lowest BCUT2D eigenvalue weighted by Crippen LogP contribution is -2.07. The maximum absolute atomic E-state index is 12.8. The van der Waals surface area contributed by atoms with Gasteiger partial charge in [-0.1, -0.05) is 54.6 Å². The highest BCUT2D eigenvalue weighted by molar-refractivity contribution is 6.09. The van der Waals surface area contributed by atoms with E-state index in [4.69, 9.17) is 14.6 Å². The molecule has 3 rings (SSSR count). The van der Waals surface area contributed by atoms with Crippen LogP contribution in [0.1, 0.15) is 27.0 Å². The van der Waals surface area contributed by atoms with Gasteiger partial charge in [0, 0.05) is 34.4 Å². The van der Waals surface area contributed by atoms with Crippen LogP contribution in [0.25, 0.3) is 6.08 Å². The molecule has 0 aliphatic rings. The minimum Gasteiger partial charge on any atom is -0.496 e. The fraction of sp³-hybridized carbons (Fsp3) is 0.0833. The Labute approximate surface area is 168 Å². The summed E-state index contributed by atoms with van der Waals surface area (Å²) < 4.78 is 11.2. The van der Waals surface area contributed by atoms with Gasteiger partial charge in [-0.25, -0.2) is 4.79 Å². The van der Waals surface area contributed by atoms with Crippen molar-refractivity contribution in [1.82, 2.24) is 0 Å². The highest BCUT2D eigenvalue weighted by atomic mass is 16.5. The Morgan fingerprint density at radius 1 is 0.966 bits per heavy atom. The lowest BCUT2D eigenvalue weighted by atomic mass is 9.99. The van der Waals surface area contributed by atoms with Crippen LogP contribution in [0.15, 0.2) is 78.9 Å². The van der Waals surface area contributed by atoms with Gasteiger partial charge in [-0.05, 0) is 18.2 Å². The number of hydrogen-bond donors (Lipinski definition) is 1. The monoisotopic (exact) mass is 388 g/mol. The minimum absolute atomic E-state index is 0.0588. The molecular formula is C24H20O5. The second-order valence-electron chi connectivity index (χ2n) is 6.22. The quantitative estimate of drug-likeness (QED) is 0.451. The maximum Gasteiger partial charge on any atom is 0.328 e. The first kappa shape index (κ1) is 19.9. The van der Waals surface area contributed by atoms with Gasteiger partial charge < -0.3 is 14.6 Å². The maximum atomic E-state index is 12.8. The molecule has 0 unspecified atom stereocenters. The average Bonchev–Trinajstić information content (AvgIpc) is 2.76. The summed E-state index contributed by atoms with van der Waals surface area (Å²) in [5, 5.41) is 8.78. The van der Waals surface area contributed by atoms with Crippen molar-refractivity contribution in [3.05, 3.63) is 101 Å². The number of ether oxygens (including phenoxy) is 2. The molecule has 0 heterocycles. The lowest BCUT2D eigenvalue weighted by Gasteiger charge is -2.12. The van der Waals surface area contributed by atoms with Crippen molar-refractivity contribution < 1.29 is 24.2 Å².